The van der Waals surface area contributed by atoms with Crippen LogP contribution in [0.5, 0.6) is 0 Å². The second-order valence-electron chi connectivity index (χ2n) is 3.42. The van der Waals surface area contributed by atoms with Crippen molar-refractivity contribution in [2.75, 3.05) is 52.9 Å². The maximum atomic E-state index is 10.4. The normalized spacial score (nSPS) is 9.18. The predicted octanol–water partition coefficient (Wildman–Crippen LogP) is -0.551. The van der Waals surface area contributed by atoms with Crippen molar-refractivity contribution in [1.82, 2.24) is 0 Å². The molecule has 0 aromatic carbocycles. The highest BCUT2D eigenvalue weighted by Gasteiger charge is 1.97. The van der Waals surface area contributed by atoms with Crippen LogP contribution in [0.4, 0.5) is 0 Å². The topological polar surface area (TPSA) is 112 Å². The van der Waals surface area contributed by atoms with Crippen molar-refractivity contribution in [3.8, 4) is 0 Å². The Kier molecular flexibility index (Phi) is 19.7. The molecule has 2 N–H and O–H groups in total. The zero-order valence-electron chi connectivity index (χ0n) is 12.6. The lowest BCUT2D eigenvalue weighted by Gasteiger charge is -2.01. The number of carbonyl (C=O) groups is 2. The van der Waals surface area contributed by atoms with E-state index in [0.29, 0.717) is 26.4 Å². The quantitative estimate of drug-likeness (QED) is 0.280. The second kappa shape index (κ2) is 19.3. The second-order valence-corrected chi connectivity index (χ2v) is 3.42. The van der Waals surface area contributed by atoms with Gasteiger partial charge in [0.2, 0.25) is 0 Å². The Morgan fingerprint density at radius 1 is 0.727 bits per heavy atom. The van der Waals surface area contributed by atoms with Crippen molar-refractivity contribution in [3.63, 3.8) is 0 Å². The molecule has 0 aliphatic rings. The molecule has 128 valence electrons. The molecule has 0 saturated carbocycles. The van der Waals surface area contributed by atoms with Crippen LogP contribution >= 0.6 is 0 Å². The highest BCUT2D eigenvalue weighted by atomic mass is 16.6. The summed E-state index contributed by atoms with van der Waals surface area (Å²) in [6, 6.07) is 0. The molecule has 0 radical (unpaired) electrons. The molecule has 0 aromatic heterocycles. The third-order valence-corrected chi connectivity index (χ3v) is 1.75. The fraction of sp³-hybridized carbons (Fsp3) is 0.571. The van der Waals surface area contributed by atoms with Crippen molar-refractivity contribution in [2.24, 2.45) is 0 Å². The van der Waals surface area contributed by atoms with Crippen molar-refractivity contribution in [1.29, 1.82) is 0 Å². The Balaban J connectivity index is 0. The number of aliphatic hydroxyl groups excluding tert-OH is 2. The van der Waals surface area contributed by atoms with Gasteiger partial charge in [0.15, 0.2) is 0 Å². The van der Waals surface area contributed by atoms with Crippen LogP contribution in [0.2, 0.25) is 0 Å². The Morgan fingerprint density at radius 3 is 1.36 bits per heavy atom. The van der Waals surface area contributed by atoms with E-state index in [4.69, 9.17) is 19.7 Å². The molecule has 0 amide bonds. The molecule has 0 atom stereocenters. The molecule has 0 fully saturated rings. The van der Waals surface area contributed by atoms with E-state index in [-0.39, 0.29) is 26.4 Å². The van der Waals surface area contributed by atoms with Crippen LogP contribution in [-0.4, -0.2) is 75.0 Å². The van der Waals surface area contributed by atoms with Gasteiger partial charge in [-0.1, -0.05) is 13.2 Å². The molecule has 8 nitrogen and oxygen atoms in total. The average molecular weight is 320 g/mol. The smallest absolute Gasteiger partial charge is 0.330 e. The maximum Gasteiger partial charge on any atom is 0.330 e. The third-order valence-electron chi connectivity index (χ3n) is 1.75. The van der Waals surface area contributed by atoms with E-state index in [9.17, 15) is 9.59 Å². The lowest BCUT2D eigenvalue weighted by molar-refractivity contribution is -0.146. The van der Waals surface area contributed by atoms with Gasteiger partial charge < -0.3 is 29.2 Å². The van der Waals surface area contributed by atoms with Crippen LogP contribution in [0.1, 0.15) is 0 Å². The Morgan fingerprint density at radius 2 is 1.09 bits per heavy atom. The molecule has 22 heavy (non-hydrogen) atoms. The molecule has 0 heterocycles. The van der Waals surface area contributed by atoms with Gasteiger partial charge in [0.25, 0.3) is 0 Å². The van der Waals surface area contributed by atoms with Gasteiger partial charge in [0.05, 0.1) is 39.6 Å². The van der Waals surface area contributed by atoms with E-state index in [2.05, 4.69) is 22.6 Å². The fourth-order valence-corrected chi connectivity index (χ4v) is 0.853. The van der Waals surface area contributed by atoms with Gasteiger partial charge in [-0.2, -0.15) is 0 Å². The number of carbonyl (C=O) groups excluding carboxylic acids is 2. The maximum absolute atomic E-state index is 10.4. The number of esters is 2. The molecule has 0 bridgehead atoms. The van der Waals surface area contributed by atoms with Crippen LogP contribution in [0.15, 0.2) is 25.3 Å². The van der Waals surface area contributed by atoms with Crippen molar-refractivity contribution < 1.29 is 38.7 Å². The highest BCUT2D eigenvalue weighted by molar-refractivity contribution is 5.81. The van der Waals surface area contributed by atoms with Crippen LogP contribution in [-0.2, 0) is 28.5 Å². The molecular formula is C14H24O8. The van der Waals surface area contributed by atoms with E-state index in [0.717, 1.165) is 12.2 Å². The van der Waals surface area contributed by atoms with E-state index in [1.165, 1.54) is 0 Å². The molecule has 0 rings (SSSR count). The number of hydrogen-bond donors (Lipinski definition) is 2. The number of ether oxygens (including phenoxy) is 4. The largest absolute Gasteiger partial charge is 0.459 e. The van der Waals surface area contributed by atoms with Crippen LogP contribution in [0.25, 0.3) is 0 Å². The monoisotopic (exact) mass is 320 g/mol. The zero-order chi connectivity index (χ0) is 17.1. The standard InChI is InChI=1S/C8H10O4.C6H14O4/c1-3-7(9)11-5-6-12-8(10)4-2;7-1-3-9-5-6-10-4-2-8/h3-4H,1-2,5-6H2;7-8H,1-6H2. The summed E-state index contributed by atoms with van der Waals surface area (Å²) >= 11 is 0. The summed E-state index contributed by atoms with van der Waals surface area (Å²) in [6.45, 7) is 8.18. The molecule has 8 heteroatoms. The molecule has 0 saturated heterocycles. The first-order chi connectivity index (χ1) is 10.6. The van der Waals surface area contributed by atoms with Gasteiger partial charge in [0.1, 0.15) is 13.2 Å². The molecule has 0 unspecified atom stereocenters. The summed E-state index contributed by atoms with van der Waals surface area (Å²) in [5.41, 5.74) is 0. The summed E-state index contributed by atoms with van der Waals surface area (Å²) in [5.74, 6) is -1.07. The zero-order valence-corrected chi connectivity index (χ0v) is 12.6. The Labute approximate surface area is 129 Å². The third kappa shape index (κ3) is 20.6. The minimum Gasteiger partial charge on any atom is -0.459 e. The summed E-state index contributed by atoms with van der Waals surface area (Å²) in [6.07, 6.45) is 2.07. The average Bonchev–Trinajstić information content (AvgIpc) is 2.55. The molecule has 0 aromatic rings. The highest BCUT2D eigenvalue weighted by Crippen LogP contribution is 1.82. The van der Waals surface area contributed by atoms with Gasteiger partial charge in [0, 0.05) is 12.2 Å². The van der Waals surface area contributed by atoms with Crippen LogP contribution < -0.4 is 0 Å². The lowest BCUT2D eigenvalue weighted by Crippen LogP contribution is -2.10. The van der Waals surface area contributed by atoms with E-state index in [1.807, 2.05) is 0 Å². The first-order valence-electron chi connectivity index (χ1n) is 6.57. The predicted molar refractivity (Wildman–Crippen MR) is 78.1 cm³/mol. The molecule has 0 aliphatic heterocycles. The summed E-state index contributed by atoms with van der Waals surface area (Å²) in [7, 11) is 0. The van der Waals surface area contributed by atoms with Crippen LogP contribution in [0, 0.1) is 0 Å². The number of rotatable bonds is 12. The van der Waals surface area contributed by atoms with Gasteiger partial charge >= 0.3 is 11.9 Å². The van der Waals surface area contributed by atoms with E-state index < -0.39 is 11.9 Å². The Hall–Kier alpha value is -1.74. The van der Waals surface area contributed by atoms with Crippen molar-refractivity contribution in [2.45, 2.75) is 0 Å². The summed E-state index contributed by atoms with van der Waals surface area (Å²) in [5, 5.41) is 16.5. The molecular weight excluding hydrogens is 296 g/mol. The van der Waals surface area contributed by atoms with Crippen molar-refractivity contribution >= 4 is 11.9 Å². The first-order valence-corrected chi connectivity index (χ1v) is 6.57. The van der Waals surface area contributed by atoms with Gasteiger partial charge in [-0.15, -0.1) is 0 Å². The number of aliphatic hydroxyl groups is 2. The van der Waals surface area contributed by atoms with Crippen LogP contribution in [0.3, 0.4) is 0 Å². The SMILES string of the molecule is C=CC(=O)OCCOC(=O)C=C.OCCOCCOCCO. The molecule has 0 aliphatic carbocycles. The van der Waals surface area contributed by atoms with Gasteiger partial charge in [-0.25, -0.2) is 9.59 Å². The minimum absolute atomic E-state index is 0.0322. The fourth-order valence-electron chi connectivity index (χ4n) is 0.853. The Bertz CT molecular complexity index is 273. The van der Waals surface area contributed by atoms with Crippen molar-refractivity contribution in [3.05, 3.63) is 25.3 Å². The number of hydrogen-bond acceptors (Lipinski definition) is 8. The van der Waals surface area contributed by atoms with Gasteiger partial charge in [-0.3, -0.25) is 0 Å². The lowest BCUT2D eigenvalue weighted by atomic mass is 10.6. The van der Waals surface area contributed by atoms with Gasteiger partial charge in [-0.05, 0) is 0 Å². The van der Waals surface area contributed by atoms with E-state index in [1.54, 1.807) is 0 Å². The minimum atomic E-state index is -0.537. The molecule has 0 spiro atoms. The summed E-state index contributed by atoms with van der Waals surface area (Å²) in [4.78, 5) is 20.9. The summed E-state index contributed by atoms with van der Waals surface area (Å²) < 4.78 is 18.8. The first kappa shape index (κ1) is 22.5. The van der Waals surface area contributed by atoms with E-state index >= 15 is 0 Å².